The van der Waals surface area contributed by atoms with Gasteiger partial charge >= 0.3 is 0 Å². The van der Waals surface area contributed by atoms with Crippen molar-refractivity contribution in [3.63, 3.8) is 0 Å². The number of nitrogens with one attached hydrogen (secondary N) is 1. The quantitative estimate of drug-likeness (QED) is 0.524. The number of benzene rings is 2. The van der Waals surface area contributed by atoms with Crippen molar-refractivity contribution < 1.29 is 18.3 Å². The van der Waals surface area contributed by atoms with E-state index in [1.807, 2.05) is 0 Å². The van der Waals surface area contributed by atoms with Crippen LogP contribution in [0.5, 0.6) is 5.75 Å². The summed E-state index contributed by atoms with van der Waals surface area (Å²) in [6, 6.07) is 15.5. The van der Waals surface area contributed by atoms with Gasteiger partial charge in [0.2, 0.25) is 5.43 Å². The van der Waals surface area contributed by atoms with Crippen LogP contribution >= 0.6 is 0 Å². The minimum atomic E-state index is -0.555. The normalized spacial score (nSPS) is 10.7. The van der Waals surface area contributed by atoms with Gasteiger partial charge in [-0.25, -0.2) is 9.07 Å². The smallest absolute Gasteiger partial charge is 0.292 e. The Labute approximate surface area is 176 Å². The zero-order chi connectivity index (χ0) is 22.0. The molecule has 0 saturated carbocycles. The van der Waals surface area contributed by atoms with Crippen molar-refractivity contribution in [2.75, 3.05) is 12.4 Å². The molecule has 1 N–H and O–H groups in total. The van der Waals surface area contributed by atoms with Crippen molar-refractivity contribution in [3.8, 4) is 22.6 Å². The van der Waals surface area contributed by atoms with Crippen LogP contribution in [0.1, 0.15) is 16.2 Å². The Balaban J connectivity index is 1.95. The fourth-order valence-electron chi connectivity index (χ4n) is 3.13. The number of aromatic nitrogens is 2. The Morgan fingerprint density at radius 1 is 1.10 bits per heavy atom. The number of hydrogen-bond donors (Lipinski definition) is 1. The molecule has 0 bridgehead atoms. The van der Waals surface area contributed by atoms with Crippen LogP contribution in [0.15, 0.2) is 76.1 Å². The summed E-state index contributed by atoms with van der Waals surface area (Å²) < 4.78 is 25.3. The van der Waals surface area contributed by atoms with Gasteiger partial charge in [-0.05, 0) is 61.0 Å². The second kappa shape index (κ2) is 8.27. The molecule has 8 heteroatoms. The monoisotopic (exact) mass is 419 g/mol. The van der Waals surface area contributed by atoms with E-state index in [9.17, 15) is 14.0 Å². The van der Waals surface area contributed by atoms with Crippen LogP contribution in [0, 0.1) is 12.7 Å². The van der Waals surface area contributed by atoms with Crippen molar-refractivity contribution >= 4 is 11.7 Å². The highest BCUT2D eigenvalue weighted by molar-refractivity contribution is 6.04. The molecule has 0 aliphatic rings. The highest BCUT2D eigenvalue weighted by Gasteiger charge is 2.21. The maximum atomic E-state index is 13.5. The first-order valence-corrected chi connectivity index (χ1v) is 9.37. The van der Waals surface area contributed by atoms with Crippen LogP contribution in [0.4, 0.5) is 10.2 Å². The molecule has 7 nitrogen and oxygen atoms in total. The predicted molar refractivity (Wildman–Crippen MR) is 113 cm³/mol. The highest BCUT2D eigenvalue weighted by atomic mass is 19.1. The van der Waals surface area contributed by atoms with E-state index in [-0.39, 0.29) is 28.3 Å². The number of carbonyl (C=O) groups excluding carboxylic acids is 1. The Kier molecular flexibility index (Phi) is 5.36. The van der Waals surface area contributed by atoms with Gasteiger partial charge in [0.05, 0.1) is 24.6 Å². The maximum absolute atomic E-state index is 13.5. The molecule has 0 fully saturated rings. The molecular formula is C23H18FN3O4. The molecule has 0 aliphatic carbocycles. The lowest BCUT2D eigenvalue weighted by Crippen LogP contribution is -2.24. The first kappa shape index (κ1) is 20.1. The number of hydrogen-bond acceptors (Lipinski definition) is 5. The highest BCUT2D eigenvalue weighted by Crippen LogP contribution is 2.29. The summed E-state index contributed by atoms with van der Waals surface area (Å²) >= 11 is 0. The molecule has 0 radical (unpaired) electrons. The lowest BCUT2D eigenvalue weighted by Gasteiger charge is -2.18. The number of furan rings is 1. The van der Waals surface area contributed by atoms with Crippen LogP contribution in [-0.4, -0.2) is 22.8 Å². The first-order valence-electron chi connectivity index (χ1n) is 9.37. The second-order valence-electron chi connectivity index (χ2n) is 6.69. The molecule has 0 saturated heterocycles. The third kappa shape index (κ3) is 3.95. The fourth-order valence-corrected chi connectivity index (χ4v) is 3.13. The summed E-state index contributed by atoms with van der Waals surface area (Å²) in [4.78, 5) is 25.9. The molecule has 31 heavy (non-hydrogen) atoms. The molecule has 0 unspecified atom stereocenters. The fraction of sp³-hybridized carbons (Fsp3) is 0.0870. The number of methoxy groups -OCH3 is 1. The molecule has 1 amide bonds. The van der Waals surface area contributed by atoms with Gasteiger partial charge in [-0.3, -0.25) is 9.59 Å². The minimum Gasteiger partial charge on any atom is -0.497 e. The van der Waals surface area contributed by atoms with Gasteiger partial charge in [0.25, 0.3) is 5.91 Å². The lowest BCUT2D eigenvalue weighted by molar-refractivity contribution is 0.0996. The summed E-state index contributed by atoms with van der Waals surface area (Å²) in [7, 11) is 1.54. The molecule has 156 valence electrons. The number of nitrogens with zero attached hydrogens (tertiary/aromatic N) is 2. The van der Waals surface area contributed by atoms with Crippen molar-refractivity contribution in [1.29, 1.82) is 0 Å². The molecule has 4 rings (SSSR count). The van der Waals surface area contributed by atoms with Gasteiger partial charge in [0, 0.05) is 0 Å². The molecule has 4 aromatic rings. The largest absolute Gasteiger partial charge is 0.497 e. The number of rotatable bonds is 5. The van der Waals surface area contributed by atoms with Gasteiger partial charge < -0.3 is 14.5 Å². The number of aryl methyl sites for hydroxylation is 1. The number of anilines is 1. The molecule has 2 aromatic heterocycles. The van der Waals surface area contributed by atoms with Crippen LogP contribution in [0.3, 0.4) is 0 Å². The Morgan fingerprint density at radius 2 is 1.81 bits per heavy atom. The Morgan fingerprint density at radius 3 is 2.42 bits per heavy atom. The second-order valence-corrected chi connectivity index (χ2v) is 6.69. The van der Waals surface area contributed by atoms with E-state index >= 15 is 0 Å². The van der Waals surface area contributed by atoms with E-state index in [0.717, 1.165) is 0 Å². The average Bonchev–Trinajstić information content (AvgIpc) is 3.32. The van der Waals surface area contributed by atoms with E-state index in [2.05, 4.69) is 10.4 Å². The zero-order valence-electron chi connectivity index (χ0n) is 16.8. The summed E-state index contributed by atoms with van der Waals surface area (Å²) in [5.41, 5.74) is 1.12. The van der Waals surface area contributed by atoms with Crippen LogP contribution < -0.4 is 15.5 Å². The van der Waals surface area contributed by atoms with E-state index in [1.165, 1.54) is 41.3 Å². The van der Waals surface area contributed by atoms with Crippen LogP contribution in [-0.2, 0) is 0 Å². The number of ether oxygens (including phenoxy) is 1. The molecule has 0 atom stereocenters. The van der Waals surface area contributed by atoms with Gasteiger partial charge in [0.1, 0.15) is 23.1 Å². The Hall–Kier alpha value is -4.20. The van der Waals surface area contributed by atoms with Crippen molar-refractivity contribution in [2.45, 2.75) is 6.92 Å². The maximum Gasteiger partial charge on any atom is 0.292 e. The van der Waals surface area contributed by atoms with E-state index in [4.69, 9.17) is 9.15 Å². The molecule has 2 aromatic carbocycles. The molecule has 0 aliphatic heterocycles. The van der Waals surface area contributed by atoms with E-state index < -0.39 is 11.7 Å². The molecule has 0 spiro atoms. The third-order valence-electron chi connectivity index (χ3n) is 4.68. The van der Waals surface area contributed by atoms with Crippen LogP contribution in [0.25, 0.3) is 16.8 Å². The van der Waals surface area contributed by atoms with Crippen molar-refractivity contribution in [3.05, 3.63) is 94.4 Å². The molecule has 2 heterocycles. The number of amides is 1. The topological polar surface area (TPSA) is 86.4 Å². The number of halogens is 1. The summed E-state index contributed by atoms with van der Waals surface area (Å²) in [6.07, 6.45) is 1.37. The van der Waals surface area contributed by atoms with Gasteiger partial charge in [0.15, 0.2) is 5.76 Å². The standard InChI is InChI=1S/C23H18FN3O4/c1-14-21(28)20(15-5-11-18(30-2)12-6-15)22(25-23(29)19-4-3-13-31-19)27(26-14)17-9-7-16(24)8-10-17/h3-13H,1-2H3,(H,25,29). The first-order chi connectivity index (χ1) is 15.0. The van der Waals surface area contributed by atoms with Crippen molar-refractivity contribution in [2.24, 2.45) is 0 Å². The lowest BCUT2D eigenvalue weighted by atomic mass is 10.0. The summed E-state index contributed by atoms with van der Waals surface area (Å²) in [5, 5.41) is 7.07. The SMILES string of the molecule is COc1ccc(-c2c(NC(=O)c3ccco3)n(-c3ccc(F)cc3)nc(C)c2=O)cc1. The summed E-state index contributed by atoms with van der Waals surface area (Å²) in [6.45, 7) is 1.58. The van der Waals surface area contributed by atoms with Crippen molar-refractivity contribution in [1.82, 2.24) is 9.78 Å². The average molecular weight is 419 g/mol. The van der Waals surface area contributed by atoms with E-state index in [0.29, 0.717) is 17.0 Å². The van der Waals surface area contributed by atoms with E-state index in [1.54, 1.807) is 44.4 Å². The summed E-state index contributed by atoms with van der Waals surface area (Å²) in [5.74, 6) is -0.151. The third-order valence-corrected chi connectivity index (χ3v) is 4.68. The van der Waals surface area contributed by atoms with Gasteiger partial charge in [-0.2, -0.15) is 5.10 Å². The zero-order valence-corrected chi connectivity index (χ0v) is 16.8. The number of carbonyl (C=O) groups is 1. The Bertz CT molecular complexity index is 1280. The van der Waals surface area contributed by atoms with Gasteiger partial charge in [-0.1, -0.05) is 12.1 Å². The predicted octanol–water partition coefficient (Wildman–Crippen LogP) is 4.20. The van der Waals surface area contributed by atoms with Gasteiger partial charge in [-0.15, -0.1) is 0 Å². The van der Waals surface area contributed by atoms with Crippen LogP contribution in [0.2, 0.25) is 0 Å². The minimum absolute atomic E-state index is 0.0689. The molecular weight excluding hydrogens is 401 g/mol.